The lowest BCUT2D eigenvalue weighted by Gasteiger charge is -2.14. The smallest absolute Gasteiger partial charge is 0.262 e. The fourth-order valence-electron chi connectivity index (χ4n) is 3.25. The topological polar surface area (TPSA) is 60.9 Å². The van der Waals surface area contributed by atoms with Crippen molar-refractivity contribution < 1.29 is 4.42 Å². The van der Waals surface area contributed by atoms with Gasteiger partial charge in [0.05, 0.1) is 16.6 Å². The Morgan fingerprint density at radius 2 is 1.84 bits per heavy atom. The van der Waals surface area contributed by atoms with Crippen LogP contribution in [-0.4, -0.2) is 14.5 Å². The Bertz CT molecular complexity index is 1260. The first-order valence-corrected chi connectivity index (χ1v) is 11.6. The highest BCUT2D eigenvalue weighted by Gasteiger charge is 2.16. The van der Waals surface area contributed by atoms with Crippen molar-refractivity contribution in [2.75, 3.05) is 0 Å². The molecule has 160 valence electrons. The van der Waals surface area contributed by atoms with E-state index in [1.807, 2.05) is 55.5 Å². The van der Waals surface area contributed by atoms with Crippen LogP contribution in [0.15, 0.2) is 62.9 Å². The maximum atomic E-state index is 13.1. The Labute approximate surface area is 190 Å². The molecule has 0 unspecified atom stereocenters. The van der Waals surface area contributed by atoms with Gasteiger partial charge >= 0.3 is 0 Å². The molecule has 0 N–H and O–H groups in total. The Morgan fingerprint density at radius 1 is 1.10 bits per heavy atom. The van der Waals surface area contributed by atoms with E-state index in [2.05, 4.69) is 18.8 Å². The quantitative estimate of drug-likeness (QED) is 0.241. The molecule has 2 aromatic heterocycles. The second-order valence-electron chi connectivity index (χ2n) is 7.87. The van der Waals surface area contributed by atoms with Crippen molar-refractivity contribution >= 4 is 34.3 Å². The first-order chi connectivity index (χ1) is 14.9. The van der Waals surface area contributed by atoms with Crippen molar-refractivity contribution in [2.24, 2.45) is 5.92 Å². The Balaban J connectivity index is 1.63. The lowest BCUT2D eigenvalue weighted by molar-refractivity contribution is 0.481. The van der Waals surface area contributed by atoms with E-state index in [-0.39, 0.29) is 5.56 Å². The first kappa shape index (κ1) is 21.7. The summed E-state index contributed by atoms with van der Waals surface area (Å²) < 4.78 is 7.67. The zero-order valence-corrected chi connectivity index (χ0v) is 19.3. The first-order valence-electron chi connectivity index (χ1n) is 10.3. The average Bonchev–Trinajstić information content (AvgIpc) is 3.12. The highest BCUT2D eigenvalue weighted by Crippen LogP contribution is 2.28. The van der Waals surface area contributed by atoms with Crippen LogP contribution in [-0.2, 0) is 12.3 Å². The zero-order chi connectivity index (χ0) is 22.0. The minimum absolute atomic E-state index is 0.00692. The molecule has 0 amide bonds. The summed E-state index contributed by atoms with van der Waals surface area (Å²) in [5, 5.41) is 2.03. The summed E-state index contributed by atoms with van der Waals surface area (Å²) in [5.74, 6) is 2.38. The fraction of sp³-hybridized carbons (Fsp3) is 0.292. The molecular weight excluding hydrogens is 430 g/mol. The molecule has 0 saturated carbocycles. The predicted molar refractivity (Wildman–Crippen MR) is 127 cm³/mol. The molecule has 5 nitrogen and oxygen atoms in total. The van der Waals surface area contributed by atoms with Crippen molar-refractivity contribution in [1.82, 2.24) is 14.5 Å². The molecule has 0 spiro atoms. The third-order valence-corrected chi connectivity index (χ3v) is 6.32. The van der Waals surface area contributed by atoms with E-state index < -0.39 is 0 Å². The number of hydrogen-bond donors (Lipinski definition) is 0. The Kier molecular flexibility index (Phi) is 6.49. The summed E-state index contributed by atoms with van der Waals surface area (Å²) in [6.07, 6.45) is 0.914. The molecule has 0 bridgehead atoms. The summed E-state index contributed by atoms with van der Waals surface area (Å²) in [5.41, 5.74) is 2.44. The monoisotopic (exact) mass is 453 g/mol. The normalized spacial score (nSPS) is 11.5. The van der Waals surface area contributed by atoms with E-state index in [1.54, 1.807) is 4.57 Å². The van der Waals surface area contributed by atoms with Gasteiger partial charge in [0.25, 0.3) is 5.56 Å². The van der Waals surface area contributed by atoms with E-state index in [0.29, 0.717) is 39.7 Å². The Hall–Kier alpha value is -2.57. The molecule has 0 atom stereocenters. The third kappa shape index (κ3) is 4.86. The lowest BCUT2D eigenvalue weighted by atomic mass is 10.1. The number of para-hydroxylation sites is 1. The highest BCUT2D eigenvalue weighted by molar-refractivity contribution is 7.98. The van der Waals surface area contributed by atoms with Gasteiger partial charge in [0, 0.05) is 22.9 Å². The molecule has 4 aromatic rings. The van der Waals surface area contributed by atoms with Gasteiger partial charge in [-0.05, 0) is 55.7 Å². The number of rotatable bonds is 7. The van der Waals surface area contributed by atoms with E-state index in [0.717, 1.165) is 29.0 Å². The van der Waals surface area contributed by atoms with Gasteiger partial charge < -0.3 is 4.42 Å². The minimum Gasteiger partial charge on any atom is -0.441 e. The maximum absolute atomic E-state index is 13.1. The van der Waals surface area contributed by atoms with E-state index >= 15 is 0 Å². The molecule has 31 heavy (non-hydrogen) atoms. The molecule has 0 fully saturated rings. The second kappa shape index (κ2) is 9.28. The number of nitrogens with zero attached hydrogens (tertiary/aromatic N) is 3. The van der Waals surface area contributed by atoms with Gasteiger partial charge in [-0.2, -0.15) is 0 Å². The zero-order valence-electron chi connectivity index (χ0n) is 17.8. The van der Waals surface area contributed by atoms with Crippen LogP contribution in [0.1, 0.15) is 31.7 Å². The van der Waals surface area contributed by atoms with Gasteiger partial charge in [-0.1, -0.05) is 49.3 Å². The number of fused-ring (bicyclic) bond motifs is 1. The van der Waals surface area contributed by atoms with Crippen molar-refractivity contribution in [2.45, 2.75) is 44.6 Å². The average molecular weight is 454 g/mol. The van der Waals surface area contributed by atoms with Crippen molar-refractivity contribution in [3.8, 4) is 11.5 Å². The molecule has 0 aliphatic heterocycles. The number of aryl methyl sites for hydroxylation is 1. The van der Waals surface area contributed by atoms with Crippen LogP contribution in [0.3, 0.4) is 0 Å². The standard InChI is InChI=1S/C24H24ClN3O2S/c1-15(2)12-13-28-23(29)19-6-4-5-7-20(19)27-24(28)31-14-21-16(3)30-22(26-21)17-8-10-18(25)11-9-17/h4-11,15H,12-14H2,1-3H3. The molecule has 2 aromatic carbocycles. The number of hydrogen-bond acceptors (Lipinski definition) is 5. The lowest BCUT2D eigenvalue weighted by Crippen LogP contribution is -2.24. The summed E-state index contributed by atoms with van der Waals surface area (Å²) in [6, 6.07) is 14.9. The van der Waals surface area contributed by atoms with Crippen LogP contribution in [0.4, 0.5) is 0 Å². The van der Waals surface area contributed by atoms with E-state index in [1.165, 1.54) is 11.8 Å². The van der Waals surface area contributed by atoms with Crippen LogP contribution in [0.2, 0.25) is 5.02 Å². The van der Waals surface area contributed by atoms with Gasteiger partial charge in [0.15, 0.2) is 5.16 Å². The molecular formula is C24H24ClN3O2S. The van der Waals surface area contributed by atoms with Crippen LogP contribution < -0.4 is 5.56 Å². The fourth-order valence-corrected chi connectivity index (χ4v) is 4.41. The predicted octanol–water partition coefficient (Wildman–Crippen LogP) is 6.35. The second-order valence-corrected chi connectivity index (χ2v) is 9.25. The summed E-state index contributed by atoms with van der Waals surface area (Å²) in [4.78, 5) is 22.6. The van der Waals surface area contributed by atoms with Gasteiger partial charge in [0.1, 0.15) is 5.76 Å². The summed E-state index contributed by atoms with van der Waals surface area (Å²) in [7, 11) is 0. The van der Waals surface area contributed by atoms with Crippen LogP contribution >= 0.6 is 23.4 Å². The molecule has 4 rings (SSSR count). The molecule has 0 saturated heterocycles. The van der Waals surface area contributed by atoms with Crippen LogP contribution in [0.5, 0.6) is 0 Å². The molecule has 0 radical (unpaired) electrons. The van der Waals surface area contributed by atoms with Crippen LogP contribution in [0.25, 0.3) is 22.4 Å². The number of aromatic nitrogens is 3. The highest BCUT2D eigenvalue weighted by atomic mass is 35.5. The summed E-state index contributed by atoms with van der Waals surface area (Å²) in [6.45, 7) is 6.86. The van der Waals surface area contributed by atoms with Gasteiger partial charge in [-0.15, -0.1) is 0 Å². The third-order valence-electron chi connectivity index (χ3n) is 5.08. The van der Waals surface area contributed by atoms with Gasteiger partial charge in [0.2, 0.25) is 5.89 Å². The Morgan fingerprint density at radius 3 is 2.58 bits per heavy atom. The van der Waals surface area contributed by atoms with Crippen molar-refractivity contribution in [3.05, 3.63) is 75.4 Å². The molecule has 2 heterocycles. The van der Waals surface area contributed by atoms with Crippen molar-refractivity contribution in [3.63, 3.8) is 0 Å². The van der Waals surface area contributed by atoms with Crippen LogP contribution in [0, 0.1) is 12.8 Å². The number of thioether (sulfide) groups is 1. The number of oxazole rings is 1. The van der Waals surface area contributed by atoms with E-state index in [4.69, 9.17) is 21.0 Å². The SMILES string of the molecule is Cc1oc(-c2ccc(Cl)cc2)nc1CSc1nc2ccccc2c(=O)n1CCC(C)C. The van der Waals surface area contributed by atoms with E-state index in [9.17, 15) is 4.79 Å². The number of halogens is 1. The maximum Gasteiger partial charge on any atom is 0.262 e. The van der Waals surface area contributed by atoms with Gasteiger partial charge in [-0.25, -0.2) is 9.97 Å². The minimum atomic E-state index is 0.00692. The summed E-state index contributed by atoms with van der Waals surface area (Å²) >= 11 is 7.49. The number of benzene rings is 2. The molecule has 0 aliphatic rings. The van der Waals surface area contributed by atoms with Gasteiger partial charge in [-0.3, -0.25) is 9.36 Å². The molecule has 7 heteroatoms. The molecule has 0 aliphatic carbocycles. The largest absolute Gasteiger partial charge is 0.441 e. The van der Waals surface area contributed by atoms with Crippen molar-refractivity contribution in [1.29, 1.82) is 0 Å².